The molecular formula is C13H21N3O. The second kappa shape index (κ2) is 4.41. The molecule has 4 atom stereocenters. The van der Waals surface area contributed by atoms with Crippen molar-refractivity contribution in [2.45, 2.75) is 63.3 Å². The Balaban J connectivity index is 1.70. The molecule has 2 unspecified atom stereocenters. The van der Waals surface area contributed by atoms with Crippen molar-refractivity contribution in [2.24, 2.45) is 11.7 Å². The van der Waals surface area contributed by atoms with Crippen LogP contribution in [0.1, 0.15) is 69.0 Å². The second-order valence-electron chi connectivity index (χ2n) is 5.88. The van der Waals surface area contributed by atoms with Crippen LogP contribution < -0.4 is 5.73 Å². The van der Waals surface area contributed by atoms with E-state index in [2.05, 4.69) is 17.1 Å². The Labute approximate surface area is 102 Å². The number of nitrogens with two attached hydrogens (primary N) is 1. The summed E-state index contributed by atoms with van der Waals surface area (Å²) in [5.41, 5.74) is 5.92. The average Bonchev–Trinajstić information content (AvgIpc) is 2.96. The lowest BCUT2D eigenvalue weighted by Crippen LogP contribution is -2.14. The number of rotatable bonds is 2. The van der Waals surface area contributed by atoms with Crippen molar-refractivity contribution in [3.05, 3.63) is 11.7 Å². The molecule has 4 nitrogen and oxygen atoms in total. The van der Waals surface area contributed by atoms with E-state index in [0.717, 1.165) is 36.9 Å². The van der Waals surface area contributed by atoms with E-state index in [4.69, 9.17) is 10.3 Å². The standard InChI is InChI=1S/C13H21N3O/c1-8-2-3-9(6-8)12-15-13(17-16-12)10-4-5-11(14)7-10/h8-11H,2-7,14H2,1H3/t8?,9?,10-,11+/m1/s1. The molecule has 1 aromatic rings. The molecule has 0 radical (unpaired) electrons. The zero-order chi connectivity index (χ0) is 11.8. The van der Waals surface area contributed by atoms with E-state index >= 15 is 0 Å². The summed E-state index contributed by atoms with van der Waals surface area (Å²) in [5.74, 6) is 3.50. The van der Waals surface area contributed by atoms with E-state index < -0.39 is 0 Å². The van der Waals surface area contributed by atoms with Gasteiger partial charge in [0.05, 0.1) is 0 Å². The van der Waals surface area contributed by atoms with Crippen molar-refractivity contribution in [1.82, 2.24) is 10.1 Å². The van der Waals surface area contributed by atoms with Crippen molar-refractivity contribution in [1.29, 1.82) is 0 Å². The van der Waals surface area contributed by atoms with Crippen molar-refractivity contribution < 1.29 is 4.52 Å². The highest BCUT2D eigenvalue weighted by Gasteiger charge is 2.31. The summed E-state index contributed by atoms with van der Waals surface area (Å²) in [7, 11) is 0. The summed E-state index contributed by atoms with van der Waals surface area (Å²) >= 11 is 0. The van der Waals surface area contributed by atoms with Crippen LogP contribution in [0, 0.1) is 5.92 Å². The maximum absolute atomic E-state index is 5.92. The Bertz CT molecular complexity index is 355. The first-order chi connectivity index (χ1) is 8.22. The topological polar surface area (TPSA) is 64.9 Å². The lowest BCUT2D eigenvalue weighted by molar-refractivity contribution is 0.346. The largest absolute Gasteiger partial charge is 0.339 e. The van der Waals surface area contributed by atoms with Crippen molar-refractivity contribution in [3.8, 4) is 0 Å². The van der Waals surface area contributed by atoms with Crippen LogP contribution in [0.4, 0.5) is 0 Å². The van der Waals surface area contributed by atoms with Gasteiger partial charge in [-0.25, -0.2) is 0 Å². The SMILES string of the molecule is CC1CCC(c2noc([C@@H]3CC[C@H](N)C3)n2)C1. The third kappa shape index (κ3) is 2.23. The number of hydrogen-bond acceptors (Lipinski definition) is 4. The van der Waals surface area contributed by atoms with E-state index in [1.54, 1.807) is 0 Å². The predicted molar refractivity (Wildman–Crippen MR) is 64.6 cm³/mol. The van der Waals surface area contributed by atoms with Gasteiger partial charge in [0.1, 0.15) is 0 Å². The molecule has 0 bridgehead atoms. The van der Waals surface area contributed by atoms with Crippen molar-refractivity contribution in [3.63, 3.8) is 0 Å². The van der Waals surface area contributed by atoms with Crippen LogP contribution in [-0.2, 0) is 0 Å². The van der Waals surface area contributed by atoms with Crippen LogP contribution in [0.2, 0.25) is 0 Å². The molecule has 1 heterocycles. The first-order valence-corrected chi connectivity index (χ1v) is 6.81. The van der Waals surface area contributed by atoms with Crippen LogP contribution in [0.3, 0.4) is 0 Å². The predicted octanol–water partition coefficient (Wildman–Crippen LogP) is 2.57. The number of nitrogens with zero attached hydrogens (tertiary/aromatic N) is 2. The summed E-state index contributed by atoms with van der Waals surface area (Å²) in [6.45, 7) is 2.30. The van der Waals surface area contributed by atoms with Gasteiger partial charge in [-0.05, 0) is 44.4 Å². The molecule has 3 rings (SSSR count). The van der Waals surface area contributed by atoms with Gasteiger partial charge >= 0.3 is 0 Å². The molecule has 0 aliphatic heterocycles. The molecule has 2 aliphatic carbocycles. The third-order valence-corrected chi connectivity index (χ3v) is 4.34. The highest BCUT2D eigenvalue weighted by atomic mass is 16.5. The number of hydrogen-bond donors (Lipinski definition) is 1. The van der Waals surface area contributed by atoms with Gasteiger partial charge in [-0.1, -0.05) is 12.1 Å². The van der Waals surface area contributed by atoms with Gasteiger partial charge in [0, 0.05) is 17.9 Å². The fourth-order valence-corrected chi connectivity index (χ4v) is 3.26. The normalized spacial score (nSPS) is 37.8. The Hall–Kier alpha value is -0.900. The van der Waals surface area contributed by atoms with Crippen LogP contribution in [0.25, 0.3) is 0 Å². The van der Waals surface area contributed by atoms with E-state index in [0.29, 0.717) is 17.9 Å². The quantitative estimate of drug-likeness (QED) is 0.855. The summed E-state index contributed by atoms with van der Waals surface area (Å²) < 4.78 is 5.43. The summed E-state index contributed by atoms with van der Waals surface area (Å²) in [4.78, 5) is 4.61. The lowest BCUT2D eigenvalue weighted by atomic mass is 10.1. The average molecular weight is 235 g/mol. The Morgan fingerprint density at radius 2 is 1.94 bits per heavy atom. The van der Waals surface area contributed by atoms with Gasteiger partial charge in [0.25, 0.3) is 0 Å². The van der Waals surface area contributed by atoms with Crippen molar-refractivity contribution in [2.75, 3.05) is 0 Å². The minimum atomic E-state index is 0.321. The summed E-state index contributed by atoms with van der Waals surface area (Å²) in [5, 5.41) is 4.18. The summed E-state index contributed by atoms with van der Waals surface area (Å²) in [6.07, 6.45) is 6.91. The first-order valence-electron chi connectivity index (χ1n) is 6.81. The molecule has 0 saturated heterocycles. The van der Waals surface area contributed by atoms with E-state index in [1.807, 2.05) is 0 Å². The Morgan fingerprint density at radius 3 is 2.59 bits per heavy atom. The van der Waals surface area contributed by atoms with E-state index in [1.165, 1.54) is 19.3 Å². The molecule has 17 heavy (non-hydrogen) atoms. The molecule has 2 fully saturated rings. The lowest BCUT2D eigenvalue weighted by Gasteiger charge is -2.03. The van der Waals surface area contributed by atoms with Gasteiger partial charge in [0.2, 0.25) is 5.89 Å². The highest BCUT2D eigenvalue weighted by molar-refractivity contribution is 5.04. The van der Waals surface area contributed by atoms with Gasteiger partial charge in [-0.3, -0.25) is 0 Å². The minimum absolute atomic E-state index is 0.321. The second-order valence-corrected chi connectivity index (χ2v) is 5.88. The molecular weight excluding hydrogens is 214 g/mol. The summed E-state index contributed by atoms with van der Waals surface area (Å²) in [6, 6.07) is 0.321. The Kier molecular flexibility index (Phi) is 2.90. The van der Waals surface area contributed by atoms with Crippen LogP contribution in [0.5, 0.6) is 0 Å². The van der Waals surface area contributed by atoms with Crippen LogP contribution in [-0.4, -0.2) is 16.2 Å². The fourth-order valence-electron chi connectivity index (χ4n) is 3.26. The van der Waals surface area contributed by atoms with Gasteiger partial charge < -0.3 is 10.3 Å². The molecule has 0 aromatic carbocycles. The van der Waals surface area contributed by atoms with Gasteiger partial charge in [0.15, 0.2) is 5.82 Å². The molecule has 4 heteroatoms. The Morgan fingerprint density at radius 1 is 1.12 bits per heavy atom. The maximum atomic E-state index is 5.92. The molecule has 1 aromatic heterocycles. The van der Waals surface area contributed by atoms with Crippen LogP contribution >= 0.6 is 0 Å². The van der Waals surface area contributed by atoms with E-state index in [9.17, 15) is 0 Å². The van der Waals surface area contributed by atoms with Gasteiger partial charge in [-0.15, -0.1) is 0 Å². The maximum Gasteiger partial charge on any atom is 0.229 e. The monoisotopic (exact) mass is 235 g/mol. The van der Waals surface area contributed by atoms with Crippen molar-refractivity contribution >= 4 is 0 Å². The number of aromatic nitrogens is 2. The molecule has 2 aliphatic rings. The minimum Gasteiger partial charge on any atom is -0.339 e. The fraction of sp³-hybridized carbons (Fsp3) is 0.846. The highest BCUT2D eigenvalue weighted by Crippen LogP contribution is 2.38. The zero-order valence-electron chi connectivity index (χ0n) is 10.4. The zero-order valence-corrected chi connectivity index (χ0v) is 10.4. The molecule has 94 valence electrons. The molecule has 2 saturated carbocycles. The molecule has 2 N–H and O–H groups in total. The third-order valence-electron chi connectivity index (χ3n) is 4.34. The first kappa shape index (κ1) is 11.2. The molecule has 0 spiro atoms. The van der Waals surface area contributed by atoms with E-state index in [-0.39, 0.29) is 0 Å². The van der Waals surface area contributed by atoms with Gasteiger partial charge in [-0.2, -0.15) is 4.98 Å². The molecule has 0 amide bonds. The van der Waals surface area contributed by atoms with Crippen LogP contribution in [0.15, 0.2) is 4.52 Å². The smallest absolute Gasteiger partial charge is 0.229 e.